The van der Waals surface area contributed by atoms with Gasteiger partial charge in [-0.05, 0) is 88.1 Å². The third-order valence-electron chi connectivity index (χ3n) is 7.28. The van der Waals surface area contributed by atoms with Crippen LogP contribution in [0.25, 0.3) is 4.85 Å². The van der Waals surface area contributed by atoms with Gasteiger partial charge in [0.15, 0.2) is 10.9 Å². The molecule has 182 valence electrons. The maximum absolute atomic E-state index is 15.4. The van der Waals surface area contributed by atoms with E-state index in [0.717, 1.165) is 26.1 Å². The number of amides is 1. The van der Waals surface area contributed by atoms with Crippen molar-refractivity contribution in [3.8, 4) is 5.75 Å². The predicted octanol–water partition coefficient (Wildman–Crippen LogP) is 5.01. The lowest BCUT2D eigenvalue weighted by atomic mass is 9.75. The number of halogens is 1. The van der Waals surface area contributed by atoms with Crippen LogP contribution in [0.2, 0.25) is 0 Å². The smallest absolute Gasteiger partial charge is 0.272 e. The summed E-state index contributed by atoms with van der Waals surface area (Å²) >= 11 is 5.73. The number of nitrogens with zero attached hydrogens (tertiary/aromatic N) is 5. The highest BCUT2D eigenvalue weighted by Gasteiger charge is 2.60. The van der Waals surface area contributed by atoms with Crippen LogP contribution in [0.4, 0.5) is 21.6 Å². The van der Waals surface area contributed by atoms with Gasteiger partial charge in [-0.25, -0.2) is 4.39 Å². The molecule has 1 aliphatic carbocycles. The van der Waals surface area contributed by atoms with Gasteiger partial charge in [-0.2, -0.15) is 0 Å². The molecule has 35 heavy (non-hydrogen) atoms. The summed E-state index contributed by atoms with van der Waals surface area (Å²) in [5, 5.41) is 0.226. The first-order chi connectivity index (χ1) is 16.9. The Morgan fingerprint density at radius 1 is 1.20 bits per heavy atom. The first-order valence-electron chi connectivity index (χ1n) is 12.1. The Morgan fingerprint density at radius 3 is 2.60 bits per heavy atom. The number of anilines is 2. The Hall–Kier alpha value is -3.09. The van der Waals surface area contributed by atoms with Gasteiger partial charge >= 0.3 is 0 Å². The number of thiocarbonyl (C=S) groups is 1. The molecule has 0 N–H and O–H groups in total. The summed E-state index contributed by atoms with van der Waals surface area (Å²) in [5.41, 5.74) is 0.542. The first kappa shape index (κ1) is 23.6. The van der Waals surface area contributed by atoms with Gasteiger partial charge in [-0.1, -0.05) is 13.0 Å². The highest BCUT2D eigenvalue weighted by molar-refractivity contribution is 7.81. The molecular formula is C26H28FN5O2S. The second-order valence-electron chi connectivity index (χ2n) is 9.45. The van der Waals surface area contributed by atoms with Gasteiger partial charge in [-0.3, -0.25) is 14.6 Å². The van der Waals surface area contributed by atoms with Crippen molar-refractivity contribution in [1.29, 1.82) is 0 Å². The number of benzene rings is 1. The topological polar surface area (TPSA) is 53.3 Å². The lowest BCUT2D eigenvalue weighted by Gasteiger charge is -2.43. The van der Waals surface area contributed by atoms with Crippen LogP contribution in [0.3, 0.4) is 0 Å². The molecule has 1 saturated carbocycles. The fourth-order valence-electron chi connectivity index (χ4n) is 5.21. The highest BCUT2D eigenvalue weighted by atomic mass is 32.1. The molecule has 2 aromatic rings. The average Bonchev–Trinajstić information content (AvgIpc) is 3.06. The molecule has 7 nitrogen and oxygen atoms in total. The van der Waals surface area contributed by atoms with Crippen LogP contribution in [-0.2, 0) is 4.79 Å². The zero-order chi connectivity index (χ0) is 24.6. The zero-order valence-electron chi connectivity index (χ0n) is 19.8. The summed E-state index contributed by atoms with van der Waals surface area (Å²) in [5.74, 6) is 0.102. The number of pyridine rings is 1. The predicted molar refractivity (Wildman–Crippen MR) is 137 cm³/mol. The van der Waals surface area contributed by atoms with Crippen molar-refractivity contribution in [3.05, 3.63) is 53.3 Å². The van der Waals surface area contributed by atoms with Crippen LogP contribution >= 0.6 is 12.2 Å². The van der Waals surface area contributed by atoms with Gasteiger partial charge < -0.3 is 14.5 Å². The first-order valence-corrected chi connectivity index (χ1v) is 12.5. The number of carbonyl (C=O) groups excluding carboxylic acids is 1. The summed E-state index contributed by atoms with van der Waals surface area (Å²) in [7, 11) is 0. The van der Waals surface area contributed by atoms with Crippen molar-refractivity contribution in [2.24, 2.45) is 0 Å². The third-order valence-corrected chi connectivity index (χ3v) is 7.64. The van der Waals surface area contributed by atoms with E-state index in [1.165, 1.54) is 36.4 Å². The van der Waals surface area contributed by atoms with Crippen LogP contribution < -0.4 is 14.5 Å². The van der Waals surface area contributed by atoms with Gasteiger partial charge in [0.2, 0.25) is 0 Å². The SMILES string of the molecule is [C-]#[N+]c1ncc(N2C(=O)C3(CCC3)N(c3ccc(OCCN4CCCCC4)cc3F)C2=S)cc1C. The number of rotatable bonds is 6. The van der Waals surface area contributed by atoms with E-state index in [2.05, 4.69) is 14.7 Å². The van der Waals surface area contributed by atoms with Crippen molar-refractivity contribution >= 4 is 40.4 Å². The van der Waals surface area contributed by atoms with Gasteiger partial charge in [0.05, 0.1) is 11.4 Å². The van der Waals surface area contributed by atoms with Gasteiger partial charge in [-0.15, -0.1) is 4.98 Å². The van der Waals surface area contributed by atoms with Crippen LogP contribution in [0.1, 0.15) is 44.1 Å². The van der Waals surface area contributed by atoms with Gasteiger partial charge in [0.1, 0.15) is 24.1 Å². The van der Waals surface area contributed by atoms with E-state index in [-0.39, 0.29) is 22.5 Å². The number of carbonyl (C=O) groups is 1. The standard InChI is InChI=1S/C26H28FN5O2S/c1-18-15-19(17-29-23(18)28-2)31-24(33)26(9-6-10-26)32(25(31)35)22-8-7-20(16-21(22)27)34-14-13-30-11-4-3-5-12-30/h7-8,15-17H,3-6,9-14H2,1H3. The molecule has 1 spiro atoms. The normalized spacial score (nSPS) is 19.7. The molecular weight excluding hydrogens is 465 g/mol. The Morgan fingerprint density at radius 2 is 1.97 bits per heavy atom. The van der Waals surface area contributed by atoms with Crippen LogP contribution in [0, 0.1) is 19.3 Å². The summed E-state index contributed by atoms with van der Waals surface area (Å²) < 4.78 is 21.2. The second kappa shape index (κ2) is 9.51. The Bertz CT molecular complexity index is 1200. The number of hydrogen-bond donors (Lipinski definition) is 0. The molecule has 0 atom stereocenters. The van der Waals surface area contributed by atoms with Crippen molar-refractivity contribution in [2.75, 3.05) is 36.0 Å². The molecule has 3 aliphatic rings. The molecule has 1 aromatic heterocycles. The number of hydrogen-bond acceptors (Lipinski definition) is 5. The van der Waals surface area contributed by atoms with Crippen molar-refractivity contribution in [1.82, 2.24) is 9.88 Å². The van der Waals surface area contributed by atoms with Crippen molar-refractivity contribution < 1.29 is 13.9 Å². The molecule has 3 fully saturated rings. The number of likely N-dealkylation sites (tertiary alicyclic amines) is 1. The Labute approximate surface area is 210 Å². The van der Waals surface area contributed by atoms with E-state index in [4.69, 9.17) is 23.5 Å². The maximum atomic E-state index is 15.4. The monoisotopic (exact) mass is 493 g/mol. The van der Waals surface area contributed by atoms with Crippen LogP contribution in [0.5, 0.6) is 5.75 Å². The lowest BCUT2D eigenvalue weighted by Crippen LogP contribution is -2.55. The number of aryl methyl sites for hydroxylation is 1. The molecule has 2 aliphatic heterocycles. The minimum Gasteiger partial charge on any atom is -0.492 e. The van der Waals surface area contributed by atoms with Crippen molar-refractivity contribution in [2.45, 2.75) is 51.0 Å². The van der Waals surface area contributed by atoms with E-state index in [1.54, 1.807) is 30.0 Å². The van der Waals surface area contributed by atoms with E-state index < -0.39 is 11.4 Å². The van der Waals surface area contributed by atoms with Crippen molar-refractivity contribution in [3.63, 3.8) is 0 Å². The van der Waals surface area contributed by atoms with E-state index in [9.17, 15) is 4.79 Å². The van der Waals surface area contributed by atoms with Crippen LogP contribution in [-0.4, -0.2) is 52.7 Å². The summed E-state index contributed by atoms with van der Waals surface area (Å²) in [6.45, 7) is 12.5. The summed E-state index contributed by atoms with van der Waals surface area (Å²) in [6, 6.07) is 6.51. The minimum absolute atomic E-state index is 0.174. The largest absolute Gasteiger partial charge is 0.492 e. The molecule has 1 amide bonds. The number of aromatic nitrogens is 1. The third kappa shape index (κ3) is 4.15. The second-order valence-corrected chi connectivity index (χ2v) is 9.82. The lowest BCUT2D eigenvalue weighted by molar-refractivity contribution is -0.123. The molecule has 0 unspecified atom stereocenters. The molecule has 5 rings (SSSR count). The molecule has 9 heteroatoms. The fraction of sp³-hybridized carbons (Fsp3) is 0.462. The average molecular weight is 494 g/mol. The van der Waals surface area contributed by atoms with Gasteiger partial charge in [0, 0.05) is 12.6 Å². The number of ether oxygens (including phenoxy) is 1. The van der Waals surface area contributed by atoms with Crippen LogP contribution in [0.15, 0.2) is 30.5 Å². The molecule has 3 heterocycles. The summed E-state index contributed by atoms with van der Waals surface area (Å²) in [6.07, 6.45) is 7.27. The minimum atomic E-state index is -0.888. The number of piperidine rings is 1. The maximum Gasteiger partial charge on any atom is 0.272 e. The van der Waals surface area contributed by atoms with E-state index in [0.29, 0.717) is 36.4 Å². The summed E-state index contributed by atoms with van der Waals surface area (Å²) in [4.78, 5) is 26.6. The van der Waals surface area contributed by atoms with E-state index >= 15 is 4.39 Å². The molecule has 0 bridgehead atoms. The Balaban J connectivity index is 1.37. The fourth-order valence-corrected chi connectivity index (χ4v) is 5.67. The quantitative estimate of drug-likeness (QED) is 0.417. The zero-order valence-corrected chi connectivity index (χ0v) is 20.6. The van der Waals surface area contributed by atoms with Gasteiger partial charge in [0.25, 0.3) is 11.7 Å². The highest BCUT2D eigenvalue weighted by Crippen LogP contribution is 2.48. The van der Waals surface area contributed by atoms with E-state index in [1.807, 2.05) is 0 Å². The Kier molecular flexibility index (Phi) is 6.43. The molecule has 1 aromatic carbocycles. The molecule has 0 radical (unpaired) electrons. The molecule has 2 saturated heterocycles.